The number of carbonyl (C=O) groups is 1. The number of nitrogens with zero attached hydrogens (tertiary/aromatic N) is 2. The van der Waals surface area contributed by atoms with Gasteiger partial charge in [0.25, 0.3) is 5.91 Å². The van der Waals surface area contributed by atoms with Crippen LogP contribution in [0.15, 0.2) is 82.7 Å². The summed E-state index contributed by atoms with van der Waals surface area (Å²) in [4.78, 5) is 20.7. The van der Waals surface area contributed by atoms with Gasteiger partial charge >= 0.3 is 0 Å². The molecule has 0 radical (unpaired) electrons. The van der Waals surface area contributed by atoms with Crippen molar-refractivity contribution < 1.29 is 19.0 Å². The molecular weight excluding hydrogens is 448 g/mol. The van der Waals surface area contributed by atoms with Crippen molar-refractivity contribution in [3.8, 4) is 17.2 Å². The van der Waals surface area contributed by atoms with Gasteiger partial charge in [-0.1, -0.05) is 48.5 Å². The average molecular weight is 475 g/mol. The molecule has 1 heterocycles. The minimum atomic E-state index is -0.186. The van der Waals surface area contributed by atoms with Gasteiger partial charge in [0.1, 0.15) is 0 Å². The Morgan fingerprint density at radius 1 is 0.882 bits per heavy atom. The third-order valence-corrected chi connectivity index (χ3v) is 6.45. The average Bonchev–Trinajstić information content (AvgIpc) is 3.17. The highest BCUT2D eigenvalue weighted by Gasteiger charge is 2.37. The predicted molar refractivity (Wildman–Crippen MR) is 137 cm³/mol. The molecule has 1 fully saturated rings. The number of aliphatic imine (C=N–C) groups is 1. The van der Waals surface area contributed by atoms with Crippen LogP contribution >= 0.6 is 11.8 Å². The SMILES string of the molecule is COc1cc(/C=C2/SC(=Nc3ccccc3)N([C@@H](C)c3ccccc3)C2=O)cc(OC)c1OC. The second-order valence-corrected chi connectivity index (χ2v) is 8.57. The van der Waals surface area contributed by atoms with E-state index in [1.54, 1.807) is 26.2 Å². The van der Waals surface area contributed by atoms with Gasteiger partial charge < -0.3 is 14.2 Å². The normalized spacial score (nSPS) is 16.7. The first kappa shape index (κ1) is 23.4. The molecule has 3 aromatic rings. The van der Waals surface area contributed by atoms with E-state index in [1.807, 2.05) is 85.8 Å². The van der Waals surface area contributed by atoms with E-state index in [9.17, 15) is 4.79 Å². The van der Waals surface area contributed by atoms with E-state index >= 15 is 0 Å². The molecule has 34 heavy (non-hydrogen) atoms. The van der Waals surface area contributed by atoms with Gasteiger partial charge in [0.15, 0.2) is 16.7 Å². The Labute approximate surface area is 203 Å². The van der Waals surface area contributed by atoms with Crippen LogP contribution in [0.4, 0.5) is 5.69 Å². The summed E-state index contributed by atoms with van der Waals surface area (Å²) in [6.07, 6.45) is 1.83. The first-order valence-corrected chi connectivity index (χ1v) is 11.6. The van der Waals surface area contributed by atoms with Crippen molar-refractivity contribution in [3.63, 3.8) is 0 Å². The van der Waals surface area contributed by atoms with Crippen molar-refractivity contribution in [1.82, 2.24) is 4.90 Å². The number of amidine groups is 1. The fourth-order valence-electron chi connectivity index (χ4n) is 3.74. The van der Waals surface area contributed by atoms with Crippen LogP contribution in [0, 0.1) is 0 Å². The molecule has 174 valence electrons. The van der Waals surface area contributed by atoms with E-state index in [4.69, 9.17) is 19.2 Å². The van der Waals surface area contributed by atoms with E-state index < -0.39 is 0 Å². The first-order valence-electron chi connectivity index (χ1n) is 10.8. The zero-order chi connectivity index (χ0) is 24.1. The first-order chi connectivity index (χ1) is 16.5. The highest BCUT2D eigenvalue weighted by Crippen LogP contribution is 2.42. The number of hydrogen-bond acceptors (Lipinski definition) is 6. The summed E-state index contributed by atoms with van der Waals surface area (Å²) < 4.78 is 16.4. The largest absolute Gasteiger partial charge is 0.493 e. The summed E-state index contributed by atoms with van der Waals surface area (Å²) in [5.74, 6) is 1.45. The Bertz CT molecular complexity index is 1200. The summed E-state index contributed by atoms with van der Waals surface area (Å²) in [7, 11) is 4.69. The Balaban J connectivity index is 1.77. The second kappa shape index (κ2) is 10.5. The van der Waals surface area contributed by atoms with Crippen LogP contribution < -0.4 is 14.2 Å². The molecule has 7 heteroatoms. The second-order valence-electron chi connectivity index (χ2n) is 7.56. The highest BCUT2D eigenvalue weighted by atomic mass is 32.2. The van der Waals surface area contributed by atoms with Crippen molar-refractivity contribution >= 4 is 34.6 Å². The van der Waals surface area contributed by atoms with Gasteiger partial charge in [-0.15, -0.1) is 0 Å². The van der Waals surface area contributed by atoms with Gasteiger partial charge in [-0.2, -0.15) is 0 Å². The summed E-state index contributed by atoms with van der Waals surface area (Å²) in [6, 6.07) is 23.0. The molecule has 0 aliphatic carbocycles. The molecule has 0 unspecified atom stereocenters. The zero-order valence-corrected chi connectivity index (χ0v) is 20.3. The fourth-order valence-corrected chi connectivity index (χ4v) is 4.80. The number of para-hydroxylation sites is 1. The molecule has 1 saturated heterocycles. The number of benzene rings is 3. The number of carbonyl (C=O) groups excluding carboxylic acids is 1. The quantitative estimate of drug-likeness (QED) is 0.389. The highest BCUT2D eigenvalue weighted by molar-refractivity contribution is 8.18. The maximum absolute atomic E-state index is 13.6. The van der Waals surface area contributed by atoms with E-state index in [-0.39, 0.29) is 11.9 Å². The van der Waals surface area contributed by atoms with Crippen molar-refractivity contribution in [1.29, 1.82) is 0 Å². The molecule has 1 atom stereocenters. The molecule has 0 spiro atoms. The Kier molecular flexibility index (Phi) is 7.23. The van der Waals surface area contributed by atoms with Crippen LogP contribution in [0.3, 0.4) is 0 Å². The van der Waals surface area contributed by atoms with Gasteiger partial charge in [0, 0.05) is 0 Å². The molecule has 6 nitrogen and oxygen atoms in total. The number of amides is 1. The van der Waals surface area contributed by atoms with E-state index in [0.29, 0.717) is 27.3 Å². The lowest BCUT2D eigenvalue weighted by Gasteiger charge is -2.24. The molecule has 3 aromatic carbocycles. The van der Waals surface area contributed by atoms with Crippen molar-refractivity contribution in [3.05, 3.63) is 88.8 Å². The standard InChI is InChI=1S/C27H26N2O4S/c1-18(20-11-7-5-8-12-20)29-26(30)24(34-27(29)28-21-13-9-6-10-14-21)17-19-15-22(31-2)25(33-4)23(16-19)32-3/h5-18H,1-4H3/b24-17+,28-27?/t18-/m0/s1. The van der Waals surface area contributed by atoms with Gasteiger partial charge in [0.05, 0.1) is 38.0 Å². The molecular formula is C27H26N2O4S. The van der Waals surface area contributed by atoms with Gasteiger partial charge in [0.2, 0.25) is 5.75 Å². The number of rotatable bonds is 7. The lowest BCUT2D eigenvalue weighted by molar-refractivity contribution is -0.123. The molecule has 1 amide bonds. The Morgan fingerprint density at radius 3 is 2.03 bits per heavy atom. The van der Waals surface area contributed by atoms with Crippen LogP contribution in [0.25, 0.3) is 6.08 Å². The van der Waals surface area contributed by atoms with Crippen LogP contribution in [0.5, 0.6) is 17.2 Å². The van der Waals surface area contributed by atoms with Crippen molar-refractivity contribution in [2.75, 3.05) is 21.3 Å². The van der Waals surface area contributed by atoms with Crippen molar-refractivity contribution in [2.45, 2.75) is 13.0 Å². The van der Waals surface area contributed by atoms with Crippen molar-refractivity contribution in [2.24, 2.45) is 4.99 Å². The Hall–Kier alpha value is -3.71. The number of methoxy groups -OCH3 is 3. The molecule has 1 aliphatic heterocycles. The fraction of sp³-hybridized carbons (Fsp3) is 0.185. The molecule has 0 bridgehead atoms. The Morgan fingerprint density at radius 2 is 1.47 bits per heavy atom. The van der Waals surface area contributed by atoms with E-state index in [2.05, 4.69) is 0 Å². The lowest BCUT2D eigenvalue weighted by Crippen LogP contribution is -2.32. The monoisotopic (exact) mass is 474 g/mol. The minimum absolute atomic E-state index is 0.107. The van der Waals surface area contributed by atoms with Crippen LogP contribution in [-0.2, 0) is 4.79 Å². The smallest absolute Gasteiger partial charge is 0.267 e. The van der Waals surface area contributed by atoms with Gasteiger partial charge in [-0.3, -0.25) is 9.69 Å². The summed E-state index contributed by atoms with van der Waals surface area (Å²) in [5, 5.41) is 0.631. The van der Waals surface area contributed by atoms with E-state index in [1.165, 1.54) is 11.8 Å². The van der Waals surface area contributed by atoms with Crippen LogP contribution in [0.1, 0.15) is 24.1 Å². The zero-order valence-electron chi connectivity index (χ0n) is 19.5. The maximum atomic E-state index is 13.6. The molecule has 0 N–H and O–H groups in total. The molecule has 1 aliphatic rings. The molecule has 0 aromatic heterocycles. The minimum Gasteiger partial charge on any atom is -0.493 e. The molecule has 0 saturated carbocycles. The van der Waals surface area contributed by atoms with Gasteiger partial charge in [-0.05, 0) is 60.2 Å². The van der Waals surface area contributed by atoms with Crippen LogP contribution in [0.2, 0.25) is 0 Å². The third kappa shape index (κ3) is 4.79. The summed E-state index contributed by atoms with van der Waals surface area (Å²) in [6.45, 7) is 2.01. The number of hydrogen-bond donors (Lipinski definition) is 0. The maximum Gasteiger partial charge on any atom is 0.267 e. The number of thioether (sulfide) groups is 1. The predicted octanol–water partition coefficient (Wildman–Crippen LogP) is 6.08. The topological polar surface area (TPSA) is 60.4 Å². The van der Waals surface area contributed by atoms with Crippen LogP contribution in [-0.4, -0.2) is 37.3 Å². The van der Waals surface area contributed by atoms with Gasteiger partial charge in [-0.25, -0.2) is 4.99 Å². The third-order valence-electron chi connectivity index (χ3n) is 5.47. The van der Waals surface area contributed by atoms with E-state index in [0.717, 1.165) is 16.8 Å². The lowest BCUT2D eigenvalue weighted by atomic mass is 10.1. The molecule has 4 rings (SSSR count). The summed E-state index contributed by atoms with van der Waals surface area (Å²) >= 11 is 1.35. The number of ether oxygens (including phenoxy) is 3. The summed E-state index contributed by atoms with van der Waals surface area (Å²) in [5.41, 5.74) is 2.59.